The molecule has 0 spiro atoms. The lowest BCUT2D eigenvalue weighted by molar-refractivity contribution is -0.143. The van der Waals surface area contributed by atoms with E-state index in [9.17, 15) is 9.59 Å². The van der Waals surface area contributed by atoms with E-state index >= 15 is 0 Å². The highest BCUT2D eigenvalue weighted by Gasteiger charge is 2.20. The van der Waals surface area contributed by atoms with Crippen LogP contribution < -0.4 is 14.8 Å². The summed E-state index contributed by atoms with van der Waals surface area (Å²) in [5.74, 6) is 0.937. The van der Waals surface area contributed by atoms with Crippen molar-refractivity contribution in [3.8, 4) is 11.5 Å². The molecule has 1 aliphatic rings. The Morgan fingerprint density at radius 1 is 1.06 bits per heavy atom. The van der Waals surface area contributed by atoms with Gasteiger partial charge in [-0.25, -0.2) is 4.79 Å². The summed E-state index contributed by atoms with van der Waals surface area (Å²) in [7, 11) is 1.60. The highest BCUT2D eigenvalue weighted by molar-refractivity contribution is 5.90. The summed E-state index contributed by atoms with van der Waals surface area (Å²) < 4.78 is 16.6. The fourth-order valence-corrected chi connectivity index (χ4v) is 3.75. The smallest absolute Gasteiger partial charge is 0.322 e. The highest BCUT2D eigenvalue weighted by atomic mass is 16.5. The maximum atomic E-state index is 13.1. The molecular formula is C25H32N2O5. The summed E-state index contributed by atoms with van der Waals surface area (Å²) >= 11 is 0. The minimum absolute atomic E-state index is 0.132. The molecular weight excluding hydrogens is 408 g/mol. The zero-order valence-electron chi connectivity index (χ0n) is 18.8. The lowest BCUT2D eigenvalue weighted by atomic mass is 10.2. The van der Waals surface area contributed by atoms with Crippen LogP contribution in [-0.4, -0.2) is 43.3 Å². The standard InChI is InChI=1S/C25H32N2O5/c1-3-31-24(28)15-16-27(18-19-9-5-4-6-10-19)25(29)26-20-13-14-22(30-2)23(17-20)32-21-11-7-8-12-21/h4-6,9-10,13-14,17,21H,3,7-8,11-12,15-16,18H2,1-2H3,(H,26,29). The molecule has 0 atom stereocenters. The van der Waals surface area contributed by atoms with E-state index < -0.39 is 0 Å². The van der Waals surface area contributed by atoms with Crippen molar-refractivity contribution in [2.24, 2.45) is 0 Å². The quantitative estimate of drug-likeness (QED) is 0.526. The summed E-state index contributed by atoms with van der Waals surface area (Å²) in [4.78, 5) is 26.5. The third-order valence-corrected chi connectivity index (χ3v) is 5.41. The monoisotopic (exact) mass is 440 g/mol. The van der Waals surface area contributed by atoms with Crippen LogP contribution in [0.2, 0.25) is 0 Å². The van der Waals surface area contributed by atoms with Crippen molar-refractivity contribution in [2.45, 2.75) is 51.7 Å². The Morgan fingerprint density at radius 2 is 1.81 bits per heavy atom. The average Bonchev–Trinajstić information content (AvgIpc) is 3.31. The fraction of sp³-hybridized carbons (Fsp3) is 0.440. The summed E-state index contributed by atoms with van der Waals surface area (Å²) in [5.41, 5.74) is 1.59. The molecule has 1 saturated carbocycles. The van der Waals surface area contributed by atoms with Gasteiger partial charge in [0.1, 0.15) is 0 Å². The molecule has 172 valence electrons. The van der Waals surface area contributed by atoms with E-state index in [2.05, 4.69) is 5.32 Å². The molecule has 2 aromatic carbocycles. The van der Waals surface area contributed by atoms with Crippen LogP contribution in [0, 0.1) is 0 Å². The summed E-state index contributed by atoms with van der Waals surface area (Å²) in [5, 5.41) is 2.93. The van der Waals surface area contributed by atoms with Gasteiger partial charge in [0.15, 0.2) is 11.5 Å². The van der Waals surface area contributed by atoms with E-state index in [0.29, 0.717) is 30.3 Å². The topological polar surface area (TPSA) is 77.1 Å². The second-order valence-electron chi connectivity index (χ2n) is 7.78. The molecule has 2 aromatic rings. The Bertz CT molecular complexity index is 881. The number of ether oxygens (including phenoxy) is 3. The number of esters is 1. The number of hydrogen-bond acceptors (Lipinski definition) is 5. The molecule has 0 unspecified atom stereocenters. The number of benzene rings is 2. The Kier molecular flexibility index (Phi) is 8.78. The van der Waals surface area contributed by atoms with Gasteiger partial charge in [0.05, 0.1) is 26.2 Å². The van der Waals surface area contributed by atoms with Crippen molar-refractivity contribution in [3.63, 3.8) is 0 Å². The van der Waals surface area contributed by atoms with Crippen LogP contribution in [0.3, 0.4) is 0 Å². The first kappa shape index (κ1) is 23.4. The van der Waals surface area contributed by atoms with E-state index in [0.717, 1.165) is 18.4 Å². The lowest BCUT2D eigenvalue weighted by Crippen LogP contribution is -2.36. The van der Waals surface area contributed by atoms with Gasteiger partial charge in [-0.1, -0.05) is 30.3 Å². The van der Waals surface area contributed by atoms with Gasteiger partial charge in [-0.05, 0) is 50.3 Å². The van der Waals surface area contributed by atoms with Gasteiger partial charge in [-0.15, -0.1) is 0 Å². The van der Waals surface area contributed by atoms with E-state index in [-0.39, 0.29) is 31.1 Å². The second kappa shape index (κ2) is 12.0. The first-order valence-corrected chi connectivity index (χ1v) is 11.2. The lowest BCUT2D eigenvalue weighted by Gasteiger charge is -2.23. The van der Waals surface area contributed by atoms with Crippen molar-refractivity contribution in [1.82, 2.24) is 4.90 Å². The molecule has 1 aliphatic carbocycles. The SMILES string of the molecule is CCOC(=O)CCN(Cc1ccccc1)C(=O)Nc1ccc(OC)c(OC2CCCC2)c1. The normalized spacial score (nSPS) is 13.4. The minimum atomic E-state index is -0.324. The predicted octanol–water partition coefficient (Wildman–Crippen LogP) is 5.00. The van der Waals surface area contributed by atoms with Crippen LogP contribution in [0.15, 0.2) is 48.5 Å². The van der Waals surface area contributed by atoms with Gasteiger partial charge < -0.3 is 24.4 Å². The number of anilines is 1. The Labute approximate surface area is 189 Å². The van der Waals surface area contributed by atoms with Crippen LogP contribution >= 0.6 is 0 Å². The first-order valence-electron chi connectivity index (χ1n) is 11.2. The molecule has 0 aliphatic heterocycles. The Morgan fingerprint density at radius 3 is 2.50 bits per heavy atom. The van der Waals surface area contributed by atoms with E-state index in [1.165, 1.54) is 12.8 Å². The number of carbonyl (C=O) groups excluding carboxylic acids is 2. The molecule has 7 heteroatoms. The molecule has 0 saturated heterocycles. The average molecular weight is 441 g/mol. The minimum Gasteiger partial charge on any atom is -0.493 e. The number of nitrogens with zero attached hydrogens (tertiary/aromatic N) is 1. The number of carbonyl (C=O) groups is 2. The van der Waals surface area contributed by atoms with Crippen molar-refractivity contribution >= 4 is 17.7 Å². The first-order chi connectivity index (χ1) is 15.6. The molecule has 7 nitrogen and oxygen atoms in total. The van der Waals surface area contributed by atoms with Crippen LogP contribution in [0.4, 0.5) is 10.5 Å². The Balaban J connectivity index is 1.71. The molecule has 0 heterocycles. The molecule has 32 heavy (non-hydrogen) atoms. The van der Waals surface area contributed by atoms with E-state index in [1.54, 1.807) is 37.1 Å². The maximum absolute atomic E-state index is 13.1. The third-order valence-electron chi connectivity index (χ3n) is 5.41. The number of amides is 2. The molecule has 1 N–H and O–H groups in total. The third kappa shape index (κ3) is 6.90. The van der Waals surface area contributed by atoms with E-state index in [1.807, 2.05) is 30.3 Å². The van der Waals surface area contributed by atoms with Crippen molar-refractivity contribution in [3.05, 3.63) is 54.1 Å². The predicted molar refractivity (Wildman–Crippen MR) is 123 cm³/mol. The zero-order valence-corrected chi connectivity index (χ0v) is 18.8. The molecule has 0 bridgehead atoms. The number of hydrogen-bond donors (Lipinski definition) is 1. The van der Waals surface area contributed by atoms with E-state index in [4.69, 9.17) is 14.2 Å². The maximum Gasteiger partial charge on any atom is 0.322 e. The molecule has 0 radical (unpaired) electrons. The number of methoxy groups -OCH3 is 1. The molecule has 2 amide bonds. The Hall–Kier alpha value is -3.22. The van der Waals surface area contributed by atoms with Crippen LogP contribution in [-0.2, 0) is 16.1 Å². The largest absolute Gasteiger partial charge is 0.493 e. The fourth-order valence-electron chi connectivity index (χ4n) is 3.75. The molecule has 1 fully saturated rings. The van der Waals surface area contributed by atoms with Gasteiger partial charge in [0, 0.05) is 24.8 Å². The number of nitrogens with one attached hydrogen (secondary N) is 1. The van der Waals surface area contributed by atoms with Crippen molar-refractivity contribution in [2.75, 3.05) is 25.6 Å². The van der Waals surface area contributed by atoms with Crippen molar-refractivity contribution in [1.29, 1.82) is 0 Å². The van der Waals surface area contributed by atoms with Crippen LogP contribution in [0.5, 0.6) is 11.5 Å². The summed E-state index contributed by atoms with van der Waals surface area (Å²) in [6.07, 6.45) is 4.69. The van der Waals surface area contributed by atoms with Gasteiger partial charge in [-0.2, -0.15) is 0 Å². The molecule has 3 rings (SSSR count). The van der Waals surface area contributed by atoms with Crippen LogP contribution in [0.1, 0.15) is 44.6 Å². The van der Waals surface area contributed by atoms with Gasteiger partial charge in [0.25, 0.3) is 0 Å². The van der Waals surface area contributed by atoms with Gasteiger partial charge >= 0.3 is 12.0 Å². The summed E-state index contributed by atoms with van der Waals surface area (Å²) in [6.45, 7) is 2.72. The number of urea groups is 1. The second-order valence-corrected chi connectivity index (χ2v) is 7.78. The number of rotatable bonds is 10. The molecule has 0 aromatic heterocycles. The van der Waals surface area contributed by atoms with Crippen molar-refractivity contribution < 1.29 is 23.8 Å². The van der Waals surface area contributed by atoms with Gasteiger partial charge in [-0.3, -0.25) is 4.79 Å². The summed E-state index contributed by atoms with van der Waals surface area (Å²) in [6, 6.07) is 14.7. The van der Waals surface area contributed by atoms with Gasteiger partial charge in [0.2, 0.25) is 0 Å². The highest BCUT2D eigenvalue weighted by Crippen LogP contribution is 2.34. The zero-order chi connectivity index (χ0) is 22.8. The van der Waals surface area contributed by atoms with Crippen LogP contribution in [0.25, 0.3) is 0 Å².